The molecule has 0 heterocycles. The Bertz CT molecular complexity index is 323. The van der Waals surface area contributed by atoms with E-state index in [2.05, 4.69) is 15.9 Å². The maximum absolute atomic E-state index is 9.73. The molecule has 72 valence electrons. The summed E-state index contributed by atoms with van der Waals surface area (Å²) in [4.78, 5) is 0. The molecule has 2 nitrogen and oxygen atoms in total. The molecule has 0 fully saturated rings. The summed E-state index contributed by atoms with van der Waals surface area (Å²) in [5, 5.41) is 9.73. The Morgan fingerprint density at radius 1 is 1.46 bits per heavy atom. The lowest BCUT2D eigenvalue weighted by atomic mass is 10.0. The van der Waals surface area contributed by atoms with Gasteiger partial charge in [-0.25, -0.2) is 0 Å². The first kappa shape index (κ1) is 10.5. The summed E-state index contributed by atoms with van der Waals surface area (Å²) >= 11 is 3.36. The molecule has 0 aliphatic carbocycles. The predicted octanol–water partition coefficient (Wildman–Crippen LogP) is 2.27. The molecule has 13 heavy (non-hydrogen) atoms. The number of nitrogens with two attached hydrogens (primary N) is 1. The van der Waals surface area contributed by atoms with E-state index in [1.807, 2.05) is 19.9 Å². The number of aryl methyl sites for hydroxylation is 1. The highest BCUT2D eigenvalue weighted by Crippen LogP contribution is 2.33. The van der Waals surface area contributed by atoms with Gasteiger partial charge in [-0.2, -0.15) is 0 Å². The van der Waals surface area contributed by atoms with Crippen LogP contribution >= 0.6 is 15.9 Å². The van der Waals surface area contributed by atoms with Crippen molar-refractivity contribution in [3.63, 3.8) is 0 Å². The van der Waals surface area contributed by atoms with Crippen LogP contribution in [0.3, 0.4) is 0 Å². The van der Waals surface area contributed by atoms with E-state index in [0.717, 1.165) is 15.6 Å². The average molecular weight is 244 g/mol. The number of phenols is 1. The van der Waals surface area contributed by atoms with Gasteiger partial charge in [0.2, 0.25) is 0 Å². The monoisotopic (exact) mass is 243 g/mol. The van der Waals surface area contributed by atoms with Crippen molar-refractivity contribution >= 4 is 15.9 Å². The lowest BCUT2D eigenvalue weighted by molar-refractivity contribution is 0.464. The van der Waals surface area contributed by atoms with Crippen molar-refractivity contribution in [2.75, 3.05) is 6.54 Å². The summed E-state index contributed by atoms with van der Waals surface area (Å²) in [6, 6.07) is 1.99. The second-order valence-corrected chi connectivity index (χ2v) is 3.97. The van der Waals surface area contributed by atoms with Crippen LogP contribution in [0.4, 0.5) is 0 Å². The van der Waals surface area contributed by atoms with Gasteiger partial charge in [-0.05, 0) is 59.4 Å². The minimum atomic E-state index is 0.327. The topological polar surface area (TPSA) is 46.2 Å². The molecule has 0 aliphatic rings. The molecule has 0 saturated heterocycles. The van der Waals surface area contributed by atoms with Gasteiger partial charge in [0.25, 0.3) is 0 Å². The van der Waals surface area contributed by atoms with Gasteiger partial charge in [0, 0.05) is 0 Å². The molecule has 1 aromatic carbocycles. The van der Waals surface area contributed by atoms with Crippen LogP contribution in [0.2, 0.25) is 0 Å². The van der Waals surface area contributed by atoms with Crippen molar-refractivity contribution in [1.29, 1.82) is 0 Å². The molecule has 0 aliphatic heterocycles. The lowest BCUT2D eigenvalue weighted by Crippen LogP contribution is -2.03. The summed E-state index contributed by atoms with van der Waals surface area (Å²) in [5.41, 5.74) is 8.61. The Balaban J connectivity index is 3.24. The first-order valence-corrected chi connectivity index (χ1v) is 5.04. The Kier molecular flexibility index (Phi) is 3.33. The van der Waals surface area contributed by atoms with Crippen LogP contribution in [0, 0.1) is 13.8 Å². The van der Waals surface area contributed by atoms with Gasteiger partial charge in [-0.3, -0.25) is 0 Å². The van der Waals surface area contributed by atoms with Crippen LogP contribution in [-0.2, 0) is 6.42 Å². The molecule has 0 aromatic heterocycles. The third-order valence-corrected chi connectivity index (χ3v) is 3.21. The zero-order valence-electron chi connectivity index (χ0n) is 7.89. The van der Waals surface area contributed by atoms with Crippen molar-refractivity contribution in [2.45, 2.75) is 20.3 Å². The first-order chi connectivity index (χ1) is 6.07. The van der Waals surface area contributed by atoms with Gasteiger partial charge >= 0.3 is 0 Å². The standard InChI is InChI=1S/C10H14BrNO/c1-6-5-8(3-4-12)10(13)9(11)7(6)2/h5,13H,3-4,12H2,1-2H3. The lowest BCUT2D eigenvalue weighted by Gasteiger charge is -2.10. The molecule has 0 bridgehead atoms. The fraction of sp³-hybridized carbons (Fsp3) is 0.400. The molecule has 0 atom stereocenters. The van der Waals surface area contributed by atoms with Gasteiger partial charge in [0.15, 0.2) is 0 Å². The van der Waals surface area contributed by atoms with Crippen molar-refractivity contribution in [1.82, 2.24) is 0 Å². The molecule has 0 unspecified atom stereocenters. The Hall–Kier alpha value is -0.540. The number of benzene rings is 1. The predicted molar refractivity (Wildman–Crippen MR) is 58.0 cm³/mol. The summed E-state index contributed by atoms with van der Waals surface area (Å²) in [7, 11) is 0. The summed E-state index contributed by atoms with van der Waals surface area (Å²) in [5.74, 6) is 0.327. The van der Waals surface area contributed by atoms with Gasteiger partial charge in [0.05, 0.1) is 4.47 Å². The van der Waals surface area contributed by atoms with Crippen LogP contribution in [0.5, 0.6) is 5.75 Å². The molecule has 1 rings (SSSR count). The van der Waals surface area contributed by atoms with Crippen LogP contribution in [0.1, 0.15) is 16.7 Å². The van der Waals surface area contributed by atoms with E-state index in [1.165, 1.54) is 5.56 Å². The van der Waals surface area contributed by atoms with E-state index in [4.69, 9.17) is 5.73 Å². The van der Waals surface area contributed by atoms with Crippen LogP contribution in [0.25, 0.3) is 0 Å². The normalized spacial score (nSPS) is 10.5. The third-order valence-electron chi connectivity index (χ3n) is 2.24. The van der Waals surface area contributed by atoms with Crippen molar-refractivity contribution < 1.29 is 5.11 Å². The molecule has 1 aromatic rings. The van der Waals surface area contributed by atoms with Gasteiger partial charge in [-0.1, -0.05) is 6.07 Å². The Morgan fingerprint density at radius 2 is 2.08 bits per heavy atom. The SMILES string of the molecule is Cc1cc(CCN)c(O)c(Br)c1C. The highest BCUT2D eigenvalue weighted by atomic mass is 79.9. The van der Waals surface area contributed by atoms with Crippen LogP contribution < -0.4 is 5.73 Å². The van der Waals surface area contributed by atoms with Crippen molar-refractivity contribution in [2.24, 2.45) is 5.73 Å². The first-order valence-electron chi connectivity index (χ1n) is 4.25. The molecule has 0 saturated carbocycles. The average Bonchev–Trinajstić information content (AvgIpc) is 2.11. The van der Waals surface area contributed by atoms with Crippen LogP contribution in [-0.4, -0.2) is 11.7 Å². The van der Waals surface area contributed by atoms with Gasteiger partial charge in [0.1, 0.15) is 5.75 Å². The minimum Gasteiger partial charge on any atom is -0.506 e. The quantitative estimate of drug-likeness (QED) is 0.838. The van der Waals surface area contributed by atoms with E-state index < -0.39 is 0 Å². The number of hydrogen-bond donors (Lipinski definition) is 2. The van der Waals surface area contributed by atoms with E-state index >= 15 is 0 Å². The van der Waals surface area contributed by atoms with Crippen molar-refractivity contribution in [3.05, 3.63) is 27.2 Å². The molecule has 3 heteroatoms. The Labute approximate surface area is 86.9 Å². The maximum Gasteiger partial charge on any atom is 0.133 e. The molecule has 0 radical (unpaired) electrons. The van der Waals surface area contributed by atoms with Gasteiger partial charge < -0.3 is 10.8 Å². The minimum absolute atomic E-state index is 0.327. The smallest absolute Gasteiger partial charge is 0.133 e. The molecular formula is C10H14BrNO. The molecule has 0 spiro atoms. The number of phenolic OH excluding ortho intramolecular Hbond substituents is 1. The summed E-state index contributed by atoms with van der Waals surface area (Å²) in [6.45, 7) is 4.56. The molecule has 3 N–H and O–H groups in total. The number of halogens is 1. The second-order valence-electron chi connectivity index (χ2n) is 3.18. The highest BCUT2D eigenvalue weighted by molar-refractivity contribution is 9.10. The van der Waals surface area contributed by atoms with Crippen LogP contribution in [0.15, 0.2) is 10.5 Å². The second kappa shape index (κ2) is 4.11. The van der Waals surface area contributed by atoms with E-state index in [9.17, 15) is 5.11 Å². The number of aromatic hydroxyl groups is 1. The fourth-order valence-corrected chi connectivity index (χ4v) is 1.84. The number of hydrogen-bond acceptors (Lipinski definition) is 2. The third kappa shape index (κ3) is 2.03. The van der Waals surface area contributed by atoms with Crippen molar-refractivity contribution in [3.8, 4) is 5.75 Å². The highest BCUT2D eigenvalue weighted by Gasteiger charge is 2.09. The van der Waals surface area contributed by atoms with Gasteiger partial charge in [-0.15, -0.1) is 0 Å². The molecule has 0 amide bonds. The summed E-state index contributed by atoms with van der Waals surface area (Å²) in [6.07, 6.45) is 0.714. The number of rotatable bonds is 2. The maximum atomic E-state index is 9.73. The van der Waals surface area contributed by atoms with E-state index in [-0.39, 0.29) is 0 Å². The Morgan fingerprint density at radius 3 is 2.62 bits per heavy atom. The zero-order valence-corrected chi connectivity index (χ0v) is 9.48. The summed E-state index contributed by atoms with van der Waals surface area (Å²) < 4.78 is 0.788. The fourth-order valence-electron chi connectivity index (χ4n) is 1.28. The molecular weight excluding hydrogens is 230 g/mol. The van der Waals surface area contributed by atoms with E-state index in [1.54, 1.807) is 0 Å². The van der Waals surface area contributed by atoms with E-state index in [0.29, 0.717) is 18.7 Å². The zero-order chi connectivity index (χ0) is 10.0. The largest absolute Gasteiger partial charge is 0.506 e.